The first-order valence-corrected chi connectivity index (χ1v) is 7.25. The Kier molecular flexibility index (Phi) is 5.33. The highest BCUT2D eigenvalue weighted by molar-refractivity contribution is 5.47. The van der Waals surface area contributed by atoms with Gasteiger partial charge in [-0.1, -0.05) is 0 Å². The Hall–Kier alpha value is -1.43. The molecule has 118 valence electrons. The van der Waals surface area contributed by atoms with Gasteiger partial charge in [0.25, 0.3) is 0 Å². The fraction of sp³-hybridized carbons (Fsp3) is 0.600. The molecular formula is C15H21F3N2O. The van der Waals surface area contributed by atoms with Gasteiger partial charge in [0.15, 0.2) is 0 Å². The fourth-order valence-electron chi connectivity index (χ4n) is 2.54. The Labute approximate surface area is 123 Å². The number of nitrogens with one attached hydrogen (secondary N) is 1. The highest BCUT2D eigenvalue weighted by atomic mass is 19.4. The number of hydrogen-bond acceptors (Lipinski definition) is 3. The Morgan fingerprint density at radius 3 is 2.33 bits per heavy atom. The average molecular weight is 302 g/mol. The zero-order valence-electron chi connectivity index (χ0n) is 12.1. The van der Waals surface area contributed by atoms with Crippen LogP contribution in [-0.2, 0) is 0 Å². The van der Waals surface area contributed by atoms with Crippen molar-refractivity contribution >= 4 is 5.69 Å². The molecule has 0 unspecified atom stereocenters. The topological polar surface area (TPSA) is 24.5 Å². The molecular weight excluding hydrogens is 281 g/mol. The predicted molar refractivity (Wildman–Crippen MR) is 76.8 cm³/mol. The molecule has 1 fully saturated rings. The maximum atomic E-state index is 12.3. The molecule has 6 heteroatoms. The van der Waals surface area contributed by atoms with E-state index in [0.29, 0.717) is 19.7 Å². The van der Waals surface area contributed by atoms with Gasteiger partial charge >= 0.3 is 6.18 Å². The normalized spacial score (nSPS) is 17.7. The molecule has 0 saturated carbocycles. The van der Waals surface area contributed by atoms with Gasteiger partial charge in [0.1, 0.15) is 5.75 Å². The van der Waals surface area contributed by atoms with Crippen molar-refractivity contribution in [1.82, 2.24) is 4.90 Å². The molecule has 1 heterocycles. The summed E-state index contributed by atoms with van der Waals surface area (Å²) in [5.74, 6) is 0.822. The molecule has 1 aromatic carbocycles. The summed E-state index contributed by atoms with van der Waals surface area (Å²) in [6, 6.07) is 7.89. The number of benzene rings is 1. The van der Waals surface area contributed by atoms with Gasteiger partial charge in [-0.2, -0.15) is 13.2 Å². The monoisotopic (exact) mass is 302 g/mol. The number of anilines is 1. The Balaban J connectivity index is 1.78. The highest BCUT2D eigenvalue weighted by Crippen LogP contribution is 2.22. The van der Waals surface area contributed by atoms with E-state index in [1.165, 1.54) is 4.90 Å². The lowest BCUT2D eigenvalue weighted by Gasteiger charge is -2.33. The molecule has 0 radical (unpaired) electrons. The molecule has 1 aromatic rings. The van der Waals surface area contributed by atoms with E-state index >= 15 is 0 Å². The van der Waals surface area contributed by atoms with Crippen LogP contribution in [0.15, 0.2) is 24.3 Å². The molecule has 0 bridgehead atoms. The third-order valence-corrected chi connectivity index (χ3v) is 3.53. The molecule has 0 spiro atoms. The number of piperidine rings is 1. The lowest BCUT2D eigenvalue weighted by Crippen LogP contribution is -2.43. The van der Waals surface area contributed by atoms with Gasteiger partial charge in [-0.3, -0.25) is 4.90 Å². The molecule has 0 amide bonds. The summed E-state index contributed by atoms with van der Waals surface area (Å²) in [6.45, 7) is 2.72. The molecule has 21 heavy (non-hydrogen) atoms. The van der Waals surface area contributed by atoms with Crippen molar-refractivity contribution in [3.63, 3.8) is 0 Å². The number of nitrogens with zero attached hydrogens (tertiary/aromatic N) is 1. The van der Waals surface area contributed by atoms with E-state index in [-0.39, 0.29) is 6.04 Å². The summed E-state index contributed by atoms with van der Waals surface area (Å²) in [5.41, 5.74) is 0.979. The summed E-state index contributed by atoms with van der Waals surface area (Å²) in [7, 11) is 0. The highest BCUT2D eigenvalue weighted by Gasteiger charge is 2.32. The van der Waals surface area contributed by atoms with Gasteiger partial charge in [-0.15, -0.1) is 0 Å². The third-order valence-electron chi connectivity index (χ3n) is 3.53. The maximum absolute atomic E-state index is 12.3. The molecule has 1 saturated heterocycles. The van der Waals surface area contributed by atoms with Crippen LogP contribution in [0.2, 0.25) is 0 Å². The van der Waals surface area contributed by atoms with E-state index in [1.807, 2.05) is 31.2 Å². The minimum atomic E-state index is -4.10. The van der Waals surface area contributed by atoms with E-state index in [4.69, 9.17) is 4.74 Å². The van der Waals surface area contributed by atoms with Crippen LogP contribution < -0.4 is 10.1 Å². The first-order valence-electron chi connectivity index (χ1n) is 7.25. The van der Waals surface area contributed by atoms with Gasteiger partial charge in [-0.25, -0.2) is 0 Å². The zero-order chi connectivity index (χ0) is 15.3. The van der Waals surface area contributed by atoms with Crippen LogP contribution in [0.5, 0.6) is 5.75 Å². The van der Waals surface area contributed by atoms with Gasteiger partial charge in [0.05, 0.1) is 13.2 Å². The Morgan fingerprint density at radius 2 is 1.81 bits per heavy atom. The SMILES string of the molecule is CCOc1ccc(NC2CCN(CC(F)(F)F)CC2)cc1. The zero-order valence-corrected chi connectivity index (χ0v) is 12.1. The number of likely N-dealkylation sites (tertiary alicyclic amines) is 1. The van der Waals surface area contributed by atoms with Gasteiger partial charge in [0, 0.05) is 24.8 Å². The van der Waals surface area contributed by atoms with Crippen LogP contribution in [-0.4, -0.2) is 43.4 Å². The minimum absolute atomic E-state index is 0.229. The number of ether oxygens (including phenoxy) is 1. The van der Waals surface area contributed by atoms with Crippen molar-refractivity contribution in [3.05, 3.63) is 24.3 Å². The second-order valence-corrected chi connectivity index (χ2v) is 5.27. The van der Waals surface area contributed by atoms with Crippen LogP contribution in [0.1, 0.15) is 19.8 Å². The van der Waals surface area contributed by atoms with Gasteiger partial charge < -0.3 is 10.1 Å². The summed E-state index contributed by atoms with van der Waals surface area (Å²) >= 11 is 0. The average Bonchev–Trinajstić information content (AvgIpc) is 2.42. The molecule has 0 aliphatic carbocycles. The number of rotatable bonds is 5. The summed E-state index contributed by atoms with van der Waals surface area (Å²) < 4.78 is 42.3. The van der Waals surface area contributed by atoms with Crippen molar-refractivity contribution < 1.29 is 17.9 Å². The van der Waals surface area contributed by atoms with Crippen LogP contribution in [0, 0.1) is 0 Å². The second-order valence-electron chi connectivity index (χ2n) is 5.27. The molecule has 1 aliphatic rings. The molecule has 2 rings (SSSR count). The standard InChI is InChI=1S/C15H21F3N2O/c1-2-21-14-5-3-12(4-6-14)19-13-7-9-20(10-8-13)11-15(16,17)18/h3-6,13,19H,2,7-11H2,1H3. The first kappa shape index (κ1) is 15.9. The van der Waals surface area contributed by atoms with E-state index < -0.39 is 12.7 Å². The largest absolute Gasteiger partial charge is 0.494 e. The summed E-state index contributed by atoms with van der Waals surface area (Å²) in [5, 5.41) is 3.37. The van der Waals surface area contributed by atoms with Crippen molar-refractivity contribution in [2.75, 3.05) is 31.6 Å². The molecule has 3 nitrogen and oxygen atoms in total. The fourth-order valence-corrected chi connectivity index (χ4v) is 2.54. The number of halogens is 3. The van der Waals surface area contributed by atoms with Crippen LogP contribution in [0.3, 0.4) is 0 Å². The molecule has 1 aliphatic heterocycles. The van der Waals surface area contributed by atoms with Crippen LogP contribution in [0.4, 0.5) is 18.9 Å². The summed E-state index contributed by atoms with van der Waals surface area (Å²) in [4.78, 5) is 1.47. The molecule has 1 N–H and O–H groups in total. The van der Waals surface area contributed by atoms with Crippen molar-refractivity contribution in [1.29, 1.82) is 0 Å². The Morgan fingerprint density at radius 1 is 1.19 bits per heavy atom. The Bertz CT molecular complexity index is 426. The summed E-state index contributed by atoms with van der Waals surface area (Å²) in [6.07, 6.45) is -2.65. The molecule has 0 atom stereocenters. The van der Waals surface area contributed by atoms with Crippen molar-refractivity contribution in [3.8, 4) is 5.75 Å². The van der Waals surface area contributed by atoms with E-state index in [2.05, 4.69) is 5.32 Å². The van der Waals surface area contributed by atoms with Crippen LogP contribution >= 0.6 is 0 Å². The third kappa shape index (κ3) is 5.46. The number of hydrogen-bond donors (Lipinski definition) is 1. The minimum Gasteiger partial charge on any atom is -0.494 e. The van der Waals surface area contributed by atoms with Gasteiger partial charge in [-0.05, 0) is 44.0 Å². The predicted octanol–water partition coefficient (Wildman–Crippen LogP) is 3.52. The van der Waals surface area contributed by atoms with E-state index in [1.54, 1.807) is 0 Å². The second kappa shape index (κ2) is 7.02. The van der Waals surface area contributed by atoms with E-state index in [0.717, 1.165) is 24.3 Å². The molecule has 0 aromatic heterocycles. The lowest BCUT2D eigenvalue weighted by atomic mass is 10.0. The first-order chi connectivity index (χ1) is 9.96. The number of alkyl halides is 3. The van der Waals surface area contributed by atoms with E-state index in [9.17, 15) is 13.2 Å². The quantitative estimate of drug-likeness (QED) is 0.900. The van der Waals surface area contributed by atoms with Gasteiger partial charge in [0.2, 0.25) is 0 Å². The lowest BCUT2D eigenvalue weighted by molar-refractivity contribution is -0.147. The maximum Gasteiger partial charge on any atom is 0.401 e. The smallest absolute Gasteiger partial charge is 0.401 e. The van der Waals surface area contributed by atoms with Crippen LogP contribution in [0.25, 0.3) is 0 Å². The van der Waals surface area contributed by atoms with Crippen molar-refractivity contribution in [2.45, 2.75) is 32.0 Å². The van der Waals surface area contributed by atoms with Crippen molar-refractivity contribution in [2.24, 2.45) is 0 Å².